The summed E-state index contributed by atoms with van der Waals surface area (Å²) in [5.74, 6) is 1.50. The van der Waals surface area contributed by atoms with Crippen LogP contribution in [0.1, 0.15) is 11.4 Å². The second-order valence-corrected chi connectivity index (χ2v) is 4.54. The quantitative estimate of drug-likeness (QED) is 0.685. The van der Waals surface area contributed by atoms with Crippen LogP contribution < -0.4 is 5.73 Å². The molecule has 0 amide bonds. The predicted octanol–water partition coefficient (Wildman–Crippen LogP) is 2.16. The van der Waals surface area contributed by atoms with Gasteiger partial charge >= 0.3 is 0 Å². The molecule has 0 aliphatic rings. The van der Waals surface area contributed by atoms with Crippen LogP contribution >= 0.6 is 0 Å². The van der Waals surface area contributed by atoms with Crippen LogP contribution in [-0.4, -0.2) is 19.7 Å². The van der Waals surface area contributed by atoms with Crippen LogP contribution in [-0.2, 0) is 7.05 Å². The van der Waals surface area contributed by atoms with E-state index in [0.29, 0.717) is 5.82 Å². The summed E-state index contributed by atoms with van der Waals surface area (Å²) in [6.07, 6.45) is 0. The van der Waals surface area contributed by atoms with E-state index in [4.69, 9.17) is 5.73 Å². The lowest BCUT2D eigenvalue weighted by Crippen LogP contribution is -1.94. The van der Waals surface area contributed by atoms with Crippen molar-refractivity contribution in [1.29, 1.82) is 0 Å². The van der Waals surface area contributed by atoms with Gasteiger partial charge in [-0.05, 0) is 26.0 Å². The largest absolute Gasteiger partial charge is 0.382 e. The van der Waals surface area contributed by atoms with Crippen molar-refractivity contribution in [3.63, 3.8) is 0 Å². The van der Waals surface area contributed by atoms with Gasteiger partial charge in [-0.15, -0.1) is 0 Å². The number of nitrogens with two attached hydrogens (primary N) is 1. The van der Waals surface area contributed by atoms with Crippen LogP contribution in [0.25, 0.3) is 22.3 Å². The molecule has 0 saturated carbocycles. The molecule has 0 atom stereocenters. The molecule has 0 fully saturated rings. The lowest BCUT2D eigenvalue weighted by atomic mass is 10.1. The minimum Gasteiger partial charge on any atom is -0.382 e. The number of benzene rings is 1. The standard InChI is InChI=1S/C13H15N5/c1-7-12(18(3)17-13(7)14)9-4-5-10-11(6-9)16-8(2)15-10/h4-6H,1-3H3,(H2,14,17)(H,15,16). The van der Waals surface area contributed by atoms with Gasteiger partial charge in [0, 0.05) is 18.2 Å². The summed E-state index contributed by atoms with van der Waals surface area (Å²) in [5, 5.41) is 4.24. The van der Waals surface area contributed by atoms with Crippen LogP contribution in [0.3, 0.4) is 0 Å². The Balaban J connectivity index is 2.24. The molecule has 5 nitrogen and oxygen atoms in total. The first-order chi connectivity index (χ1) is 8.56. The molecule has 0 aliphatic heterocycles. The summed E-state index contributed by atoms with van der Waals surface area (Å²) >= 11 is 0. The van der Waals surface area contributed by atoms with Crippen molar-refractivity contribution >= 4 is 16.9 Å². The smallest absolute Gasteiger partial charge is 0.148 e. The highest BCUT2D eigenvalue weighted by Gasteiger charge is 2.12. The van der Waals surface area contributed by atoms with Gasteiger partial charge in [-0.3, -0.25) is 4.68 Å². The third kappa shape index (κ3) is 1.48. The average molecular weight is 241 g/mol. The van der Waals surface area contributed by atoms with E-state index in [0.717, 1.165) is 33.7 Å². The molecule has 5 heteroatoms. The lowest BCUT2D eigenvalue weighted by molar-refractivity contribution is 0.780. The van der Waals surface area contributed by atoms with Gasteiger partial charge in [0.2, 0.25) is 0 Å². The fourth-order valence-electron chi connectivity index (χ4n) is 2.34. The van der Waals surface area contributed by atoms with Gasteiger partial charge in [0.1, 0.15) is 11.6 Å². The van der Waals surface area contributed by atoms with Crippen LogP contribution in [0.5, 0.6) is 0 Å². The Kier molecular flexibility index (Phi) is 2.16. The summed E-state index contributed by atoms with van der Waals surface area (Å²) in [7, 11) is 1.90. The van der Waals surface area contributed by atoms with Crippen LogP contribution in [0.2, 0.25) is 0 Å². The zero-order chi connectivity index (χ0) is 12.9. The monoisotopic (exact) mass is 241 g/mol. The Morgan fingerprint density at radius 2 is 2.06 bits per heavy atom. The van der Waals surface area contributed by atoms with Gasteiger partial charge in [-0.2, -0.15) is 5.10 Å². The molecule has 18 heavy (non-hydrogen) atoms. The van der Waals surface area contributed by atoms with Gasteiger partial charge in [0.25, 0.3) is 0 Å². The van der Waals surface area contributed by atoms with Gasteiger partial charge in [-0.1, -0.05) is 6.07 Å². The number of hydrogen-bond donors (Lipinski definition) is 2. The fraction of sp³-hybridized carbons (Fsp3) is 0.231. The molecule has 1 aromatic carbocycles. The van der Waals surface area contributed by atoms with E-state index in [9.17, 15) is 0 Å². The number of nitrogen functional groups attached to an aromatic ring is 1. The SMILES string of the molecule is Cc1nc2ccc(-c3c(C)c(N)nn3C)cc2[nH]1. The van der Waals surface area contributed by atoms with Crippen molar-refractivity contribution in [3.05, 3.63) is 29.6 Å². The number of aromatic amines is 1. The number of aryl methyl sites for hydroxylation is 2. The Morgan fingerprint density at radius 3 is 2.72 bits per heavy atom. The fourth-order valence-corrected chi connectivity index (χ4v) is 2.34. The van der Waals surface area contributed by atoms with Crippen LogP contribution in [0.4, 0.5) is 5.82 Å². The molecule has 0 saturated heterocycles. The molecule has 2 aromatic heterocycles. The topological polar surface area (TPSA) is 72.5 Å². The minimum absolute atomic E-state index is 0.577. The zero-order valence-electron chi connectivity index (χ0n) is 10.7. The normalized spacial score (nSPS) is 11.3. The van der Waals surface area contributed by atoms with Crippen molar-refractivity contribution in [2.24, 2.45) is 7.05 Å². The molecule has 3 aromatic rings. The number of nitrogens with one attached hydrogen (secondary N) is 1. The van der Waals surface area contributed by atoms with Gasteiger partial charge in [0.05, 0.1) is 16.7 Å². The molecule has 2 heterocycles. The first-order valence-corrected chi connectivity index (χ1v) is 5.82. The number of H-pyrrole nitrogens is 1. The number of nitrogens with zero attached hydrogens (tertiary/aromatic N) is 3. The zero-order valence-corrected chi connectivity index (χ0v) is 10.7. The van der Waals surface area contributed by atoms with Crippen molar-refractivity contribution < 1.29 is 0 Å². The highest BCUT2D eigenvalue weighted by atomic mass is 15.3. The molecule has 0 bridgehead atoms. The number of aromatic nitrogens is 4. The molecule has 0 unspecified atom stereocenters. The van der Waals surface area contributed by atoms with Crippen molar-refractivity contribution in [1.82, 2.24) is 19.7 Å². The number of imidazole rings is 1. The summed E-state index contributed by atoms with van der Waals surface area (Å²) < 4.78 is 1.81. The van der Waals surface area contributed by atoms with E-state index in [-0.39, 0.29) is 0 Å². The third-order valence-electron chi connectivity index (χ3n) is 3.19. The summed E-state index contributed by atoms with van der Waals surface area (Å²) in [5.41, 5.74) is 11.0. The average Bonchev–Trinajstić information content (AvgIpc) is 2.78. The highest BCUT2D eigenvalue weighted by Crippen LogP contribution is 2.28. The van der Waals surface area contributed by atoms with Crippen LogP contribution in [0, 0.1) is 13.8 Å². The van der Waals surface area contributed by atoms with Gasteiger partial charge in [0.15, 0.2) is 0 Å². The molecular formula is C13H15N5. The molecule has 0 spiro atoms. The Hall–Kier alpha value is -2.30. The minimum atomic E-state index is 0.577. The van der Waals surface area contributed by atoms with Crippen molar-refractivity contribution in [2.75, 3.05) is 5.73 Å². The first kappa shape index (κ1) is 10.8. The van der Waals surface area contributed by atoms with Crippen LogP contribution in [0.15, 0.2) is 18.2 Å². The van der Waals surface area contributed by atoms with Gasteiger partial charge in [-0.25, -0.2) is 4.98 Å². The van der Waals surface area contributed by atoms with Gasteiger partial charge < -0.3 is 10.7 Å². The molecule has 3 rings (SSSR count). The predicted molar refractivity (Wildman–Crippen MR) is 72.2 cm³/mol. The Labute approximate surface area is 105 Å². The van der Waals surface area contributed by atoms with E-state index in [1.54, 1.807) is 0 Å². The summed E-state index contributed by atoms with van der Waals surface area (Å²) in [4.78, 5) is 7.64. The third-order valence-corrected chi connectivity index (χ3v) is 3.19. The van der Waals surface area contributed by atoms with Crippen molar-refractivity contribution in [2.45, 2.75) is 13.8 Å². The first-order valence-electron chi connectivity index (χ1n) is 5.82. The number of rotatable bonds is 1. The van der Waals surface area contributed by atoms with E-state index < -0.39 is 0 Å². The molecule has 92 valence electrons. The van der Waals surface area contributed by atoms with E-state index in [1.165, 1.54) is 0 Å². The molecule has 0 radical (unpaired) electrons. The number of fused-ring (bicyclic) bond motifs is 1. The lowest BCUT2D eigenvalue weighted by Gasteiger charge is -2.03. The summed E-state index contributed by atoms with van der Waals surface area (Å²) in [6, 6.07) is 6.14. The van der Waals surface area contributed by atoms with E-state index >= 15 is 0 Å². The molecule has 0 aliphatic carbocycles. The maximum atomic E-state index is 5.84. The number of hydrogen-bond acceptors (Lipinski definition) is 3. The van der Waals surface area contributed by atoms with E-state index in [2.05, 4.69) is 21.1 Å². The van der Waals surface area contributed by atoms with Crippen molar-refractivity contribution in [3.8, 4) is 11.3 Å². The second kappa shape index (κ2) is 3.60. The maximum Gasteiger partial charge on any atom is 0.148 e. The maximum absolute atomic E-state index is 5.84. The Bertz CT molecular complexity index is 735. The van der Waals surface area contributed by atoms with E-state index in [1.807, 2.05) is 37.7 Å². The second-order valence-electron chi connectivity index (χ2n) is 4.54. The number of anilines is 1. The summed E-state index contributed by atoms with van der Waals surface area (Å²) in [6.45, 7) is 3.94. The molecular weight excluding hydrogens is 226 g/mol. The Morgan fingerprint density at radius 1 is 1.28 bits per heavy atom. The molecule has 3 N–H and O–H groups in total. The highest BCUT2D eigenvalue weighted by molar-refractivity contribution is 5.82.